The van der Waals surface area contributed by atoms with Crippen molar-refractivity contribution in [3.05, 3.63) is 51.7 Å². The average Bonchev–Trinajstić information content (AvgIpc) is 2.73. The average molecular weight is 551 g/mol. The maximum absolute atomic E-state index is 14.9. The molecule has 0 heterocycles. The van der Waals surface area contributed by atoms with Gasteiger partial charge in [0.25, 0.3) is 9.84 Å². The number of alkyl halides is 3. The highest BCUT2D eigenvalue weighted by Crippen LogP contribution is 2.35. The van der Waals surface area contributed by atoms with Gasteiger partial charge in [0.15, 0.2) is 0 Å². The number of sulfone groups is 1. The maximum atomic E-state index is 14.9. The van der Waals surface area contributed by atoms with Crippen molar-refractivity contribution >= 4 is 49.7 Å². The highest BCUT2D eigenvalue weighted by Gasteiger charge is 2.48. The molecule has 12 heteroatoms. The summed E-state index contributed by atoms with van der Waals surface area (Å²) in [6.07, 6.45) is 0. The molecule has 0 spiro atoms. The lowest BCUT2D eigenvalue weighted by atomic mass is 10.1. The molecule has 2 N–H and O–H groups in total. The van der Waals surface area contributed by atoms with Crippen molar-refractivity contribution in [3.8, 4) is 0 Å². The Kier molecular flexibility index (Phi) is 8.63. The zero-order valence-corrected chi connectivity index (χ0v) is 20.5. The molecule has 180 valence electrons. The van der Waals surface area contributed by atoms with Gasteiger partial charge in [-0.05, 0) is 61.6 Å². The lowest BCUT2D eigenvalue weighted by molar-refractivity contribution is -0.0437. The zero-order chi connectivity index (χ0) is 25.0. The first kappa shape index (κ1) is 26.8. The molecule has 2 rings (SSSR count). The second kappa shape index (κ2) is 10.6. The molecule has 0 amide bonds. The summed E-state index contributed by atoms with van der Waals surface area (Å²) in [4.78, 5) is 6.97. The van der Waals surface area contributed by atoms with Gasteiger partial charge in [0.05, 0.1) is 17.4 Å². The molecule has 0 aliphatic carbocycles. The molecule has 0 saturated heterocycles. The third-order valence-electron chi connectivity index (χ3n) is 4.60. The monoisotopic (exact) mass is 550 g/mol. The SMILES string of the molecule is C=Nc1cc(NCC)c(Br)cc1/C(=N\CC)N[C@H](C)c1cccc(S(=O)(=O)C(F)(F)F)c1F. The standard InChI is InChI=1S/C21H23BrF4N4O2S/c1-5-28-17-11-16(27-4)14(10-15(17)22)20(29-6-2)30-12(3)13-8-7-9-18(19(13)23)33(31,32)21(24,25)26/h7-12,28H,4-6H2,1-3H3,(H,29,30)/t12-/m1/s1. The van der Waals surface area contributed by atoms with Crippen LogP contribution in [0.15, 0.2) is 49.7 Å². The lowest BCUT2D eigenvalue weighted by Crippen LogP contribution is -2.30. The molecular weight excluding hydrogens is 528 g/mol. The molecule has 0 unspecified atom stereocenters. The van der Waals surface area contributed by atoms with Gasteiger partial charge in [-0.3, -0.25) is 9.98 Å². The topological polar surface area (TPSA) is 82.9 Å². The molecule has 2 aromatic carbocycles. The summed E-state index contributed by atoms with van der Waals surface area (Å²) in [5.74, 6) is -1.18. The number of hydrogen-bond acceptors (Lipinski definition) is 5. The fourth-order valence-corrected chi connectivity index (χ4v) is 4.40. The number of nitrogens with one attached hydrogen (secondary N) is 2. The van der Waals surface area contributed by atoms with E-state index in [-0.39, 0.29) is 5.56 Å². The van der Waals surface area contributed by atoms with E-state index in [4.69, 9.17) is 0 Å². The van der Waals surface area contributed by atoms with Crippen LogP contribution in [0.3, 0.4) is 0 Å². The van der Waals surface area contributed by atoms with Gasteiger partial charge in [-0.25, -0.2) is 12.8 Å². The summed E-state index contributed by atoms with van der Waals surface area (Å²) in [6, 6.07) is 5.41. The van der Waals surface area contributed by atoms with Crippen molar-refractivity contribution in [2.24, 2.45) is 9.98 Å². The van der Waals surface area contributed by atoms with Crippen LogP contribution in [0, 0.1) is 5.82 Å². The molecule has 0 aromatic heterocycles. The number of benzene rings is 2. The summed E-state index contributed by atoms with van der Waals surface area (Å²) in [5, 5.41) is 6.13. The first-order chi connectivity index (χ1) is 15.4. The fourth-order valence-electron chi connectivity index (χ4n) is 3.05. The van der Waals surface area contributed by atoms with Gasteiger partial charge in [-0.15, -0.1) is 0 Å². The number of aliphatic imine (C=N–C) groups is 2. The van der Waals surface area contributed by atoms with Crippen LogP contribution < -0.4 is 10.6 Å². The molecule has 6 nitrogen and oxygen atoms in total. The van der Waals surface area contributed by atoms with Gasteiger partial charge in [-0.2, -0.15) is 13.2 Å². The van der Waals surface area contributed by atoms with E-state index >= 15 is 0 Å². The molecule has 33 heavy (non-hydrogen) atoms. The van der Waals surface area contributed by atoms with Crippen molar-refractivity contribution in [3.63, 3.8) is 0 Å². The van der Waals surface area contributed by atoms with Crippen LogP contribution in [-0.2, 0) is 9.84 Å². The van der Waals surface area contributed by atoms with E-state index < -0.39 is 32.1 Å². The highest BCUT2D eigenvalue weighted by atomic mass is 79.9. The van der Waals surface area contributed by atoms with E-state index in [1.54, 1.807) is 19.1 Å². The molecule has 1 atom stereocenters. The van der Waals surface area contributed by atoms with E-state index in [2.05, 4.69) is 43.3 Å². The minimum absolute atomic E-state index is 0.263. The summed E-state index contributed by atoms with van der Waals surface area (Å²) in [7, 11) is -5.85. The van der Waals surface area contributed by atoms with Gasteiger partial charge in [-0.1, -0.05) is 12.1 Å². The van der Waals surface area contributed by atoms with Crippen molar-refractivity contribution in [2.75, 3.05) is 18.4 Å². The Balaban J connectivity index is 2.52. The van der Waals surface area contributed by atoms with Gasteiger partial charge in [0.2, 0.25) is 0 Å². The van der Waals surface area contributed by atoms with Crippen LogP contribution in [-0.4, -0.2) is 39.6 Å². The minimum atomic E-state index is -5.85. The van der Waals surface area contributed by atoms with E-state index in [0.29, 0.717) is 40.7 Å². The van der Waals surface area contributed by atoms with Gasteiger partial charge < -0.3 is 10.6 Å². The van der Waals surface area contributed by atoms with Crippen LogP contribution in [0.2, 0.25) is 0 Å². The molecule has 0 saturated carbocycles. The van der Waals surface area contributed by atoms with Crippen molar-refractivity contribution in [2.45, 2.75) is 37.2 Å². The van der Waals surface area contributed by atoms with Crippen molar-refractivity contribution in [1.82, 2.24) is 5.32 Å². The zero-order valence-electron chi connectivity index (χ0n) is 18.1. The summed E-state index contributed by atoms with van der Waals surface area (Å²) in [6.45, 7) is 9.75. The summed E-state index contributed by atoms with van der Waals surface area (Å²) >= 11 is 3.46. The lowest BCUT2D eigenvalue weighted by Gasteiger charge is -2.21. The first-order valence-electron chi connectivity index (χ1n) is 9.84. The van der Waals surface area contributed by atoms with E-state index in [0.717, 1.165) is 11.8 Å². The fraction of sp³-hybridized carbons (Fsp3) is 0.333. The molecule has 0 fully saturated rings. The van der Waals surface area contributed by atoms with Gasteiger partial charge in [0.1, 0.15) is 16.5 Å². The number of hydrogen-bond donors (Lipinski definition) is 2. The van der Waals surface area contributed by atoms with Gasteiger partial charge in [0, 0.05) is 28.7 Å². The molecule has 0 bridgehead atoms. The second-order valence-electron chi connectivity index (χ2n) is 6.84. The predicted octanol–water partition coefficient (Wildman–Crippen LogP) is 5.76. The van der Waals surface area contributed by atoms with E-state index in [1.165, 1.54) is 13.0 Å². The normalized spacial score (nSPS) is 13.5. The Morgan fingerprint density at radius 3 is 2.45 bits per heavy atom. The Bertz CT molecular complexity index is 1170. The van der Waals surface area contributed by atoms with E-state index in [1.807, 2.05) is 6.92 Å². The van der Waals surface area contributed by atoms with Crippen LogP contribution in [0.5, 0.6) is 0 Å². The third-order valence-corrected chi connectivity index (χ3v) is 6.76. The van der Waals surface area contributed by atoms with Crippen LogP contribution in [0.25, 0.3) is 0 Å². The quantitative estimate of drug-likeness (QED) is 0.248. The van der Waals surface area contributed by atoms with Crippen molar-refractivity contribution in [1.29, 1.82) is 0 Å². The number of rotatable bonds is 8. The van der Waals surface area contributed by atoms with E-state index in [9.17, 15) is 26.0 Å². The van der Waals surface area contributed by atoms with Gasteiger partial charge >= 0.3 is 5.51 Å². The number of anilines is 1. The van der Waals surface area contributed by atoms with Crippen LogP contribution in [0.1, 0.15) is 37.9 Å². The smallest absolute Gasteiger partial charge is 0.384 e. The summed E-state index contributed by atoms with van der Waals surface area (Å²) < 4.78 is 78.0. The largest absolute Gasteiger partial charge is 0.502 e. The Hall–Kier alpha value is -2.47. The van der Waals surface area contributed by atoms with Crippen LogP contribution >= 0.6 is 15.9 Å². The highest BCUT2D eigenvalue weighted by molar-refractivity contribution is 9.10. The third kappa shape index (κ3) is 5.72. The second-order valence-corrected chi connectivity index (χ2v) is 9.60. The molecule has 0 aliphatic rings. The maximum Gasteiger partial charge on any atom is 0.502 e. The number of amidine groups is 1. The van der Waals surface area contributed by atoms with Crippen LogP contribution in [0.4, 0.5) is 28.9 Å². The molecule has 0 aliphatic heterocycles. The number of nitrogens with zero attached hydrogens (tertiary/aromatic N) is 2. The minimum Gasteiger partial charge on any atom is -0.384 e. The Labute approximate surface area is 198 Å². The summed E-state index contributed by atoms with van der Waals surface area (Å²) in [5.41, 5.74) is -4.13. The first-order valence-corrected chi connectivity index (χ1v) is 12.1. The predicted molar refractivity (Wildman–Crippen MR) is 126 cm³/mol. The Morgan fingerprint density at radius 2 is 1.91 bits per heavy atom. The van der Waals surface area contributed by atoms with Crippen molar-refractivity contribution < 1.29 is 26.0 Å². The molecule has 2 aromatic rings. The molecular formula is C21H23BrF4N4O2S. The number of halogens is 5. The molecule has 0 radical (unpaired) electrons. The Morgan fingerprint density at radius 1 is 1.24 bits per heavy atom.